The van der Waals surface area contributed by atoms with Gasteiger partial charge in [-0.1, -0.05) is 12.1 Å². The molecular weight excluding hydrogens is 360 g/mol. The van der Waals surface area contributed by atoms with Gasteiger partial charge in [-0.15, -0.1) is 0 Å². The summed E-state index contributed by atoms with van der Waals surface area (Å²) in [5.41, 5.74) is 2.20. The summed E-state index contributed by atoms with van der Waals surface area (Å²) >= 11 is 0. The molecule has 1 N–H and O–H groups in total. The molecule has 0 atom stereocenters. The fourth-order valence-electron chi connectivity index (χ4n) is 2.65. The number of amides is 1. The van der Waals surface area contributed by atoms with Gasteiger partial charge in [0.05, 0.1) is 11.6 Å². The van der Waals surface area contributed by atoms with E-state index in [2.05, 4.69) is 5.32 Å². The molecule has 0 aliphatic heterocycles. The summed E-state index contributed by atoms with van der Waals surface area (Å²) in [6.45, 7) is 1.81. The Morgan fingerprint density at radius 1 is 1.14 bits per heavy atom. The standard InChI is InChI=1S/C21H16N2O5/c1-13-2-7-17-15(11-20(25)28-18(17)10-13)12-27-21(26)14-3-5-16(6-4-14)23-19(24)8-9-22/h2-7,10-11H,8,12H2,1H3,(H,23,24). The van der Waals surface area contributed by atoms with E-state index in [1.807, 2.05) is 19.1 Å². The highest BCUT2D eigenvalue weighted by Gasteiger charge is 2.11. The first-order valence-corrected chi connectivity index (χ1v) is 8.43. The fourth-order valence-corrected chi connectivity index (χ4v) is 2.65. The maximum Gasteiger partial charge on any atom is 0.338 e. The number of nitrogens with one attached hydrogen (secondary N) is 1. The number of nitrogens with zero attached hydrogens (tertiary/aromatic N) is 1. The van der Waals surface area contributed by atoms with E-state index in [9.17, 15) is 14.4 Å². The zero-order chi connectivity index (χ0) is 20.1. The second-order valence-corrected chi connectivity index (χ2v) is 6.13. The summed E-state index contributed by atoms with van der Waals surface area (Å²) < 4.78 is 10.5. The van der Waals surface area contributed by atoms with E-state index < -0.39 is 17.5 Å². The van der Waals surface area contributed by atoms with Crippen LogP contribution in [0.15, 0.2) is 57.7 Å². The number of aryl methyl sites for hydroxylation is 1. The van der Waals surface area contributed by atoms with Crippen molar-refractivity contribution in [3.63, 3.8) is 0 Å². The second-order valence-electron chi connectivity index (χ2n) is 6.13. The zero-order valence-electron chi connectivity index (χ0n) is 15.0. The van der Waals surface area contributed by atoms with Gasteiger partial charge < -0.3 is 14.5 Å². The lowest BCUT2D eigenvalue weighted by molar-refractivity contribution is -0.115. The largest absolute Gasteiger partial charge is 0.457 e. The van der Waals surface area contributed by atoms with Crippen molar-refractivity contribution in [1.82, 2.24) is 0 Å². The van der Waals surface area contributed by atoms with Crippen molar-refractivity contribution in [2.45, 2.75) is 20.0 Å². The Bertz CT molecular complexity index is 1140. The van der Waals surface area contributed by atoms with Crippen molar-refractivity contribution in [3.8, 4) is 6.07 Å². The molecule has 1 aromatic heterocycles. The third-order valence-electron chi connectivity index (χ3n) is 3.99. The second kappa shape index (κ2) is 8.18. The number of esters is 1. The summed E-state index contributed by atoms with van der Waals surface area (Å²) in [7, 11) is 0. The third kappa shape index (κ3) is 4.43. The summed E-state index contributed by atoms with van der Waals surface area (Å²) in [6, 6.07) is 14.6. The number of benzene rings is 2. The number of hydrogen-bond donors (Lipinski definition) is 1. The van der Waals surface area contributed by atoms with E-state index in [4.69, 9.17) is 14.4 Å². The molecule has 0 aliphatic carbocycles. The van der Waals surface area contributed by atoms with Crippen LogP contribution in [0.5, 0.6) is 0 Å². The number of nitriles is 1. The monoisotopic (exact) mass is 376 g/mol. The van der Waals surface area contributed by atoms with Gasteiger partial charge in [0.15, 0.2) is 0 Å². The van der Waals surface area contributed by atoms with Crippen LogP contribution >= 0.6 is 0 Å². The SMILES string of the molecule is Cc1ccc2c(COC(=O)c3ccc(NC(=O)CC#N)cc3)cc(=O)oc2c1. The minimum absolute atomic E-state index is 0.0787. The molecule has 0 aliphatic rings. The lowest BCUT2D eigenvalue weighted by atomic mass is 10.1. The Morgan fingerprint density at radius 3 is 2.61 bits per heavy atom. The van der Waals surface area contributed by atoms with Gasteiger partial charge in [-0.05, 0) is 42.8 Å². The van der Waals surface area contributed by atoms with Crippen molar-refractivity contribution in [1.29, 1.82) is 5.26 Å². The molecule has 0 unspecified atom stereocenters. The van der Waals surface area contributed by atoms with Crippen LogP contribution < -0.4 is 10.9 Å². The van der Waals surface area contributed by atoms with Gasteiger partial charge in [-0.2, -0.15) is 5.26 Å². The Balaban J connectivity index is 1.71. The average Bonchev–Trinajstić information content (AvgIpc) is 2.66. The molecule has 0 saturated heterocycles. The van der Waals surface area contributed by atoms with Gasteiger partial charge in [-0.25, -0.2) is 9.59 Å². The van der Waals surface area contributed by atoms with Crippen LogP contribution in [0.4, 0.5) is 5.69 Å². The van der Waals surface area contributed by atoms with Crippen molar-refractivity contribution in [3.05, 3.63) is 75.6 Å². The maximum absolute atomic E-state index is 12.3. The minimum Gasteiger partial charge on any atom is -0.457 e. The first-order valence-electron chi connectivity index (χ1n) is 8.43. The maximum atomic E-state index is 12.3. The normalized spacial score (nSPS) is 10.3. The van der Waals surface area contributed by atoms with Gasteiger partial charge in [0.2, 0.25) is 5.91 Å². The average molecular weight is 376 g/mol. The summed E-state index contributed by atoms with van der Waals surface area (Å²) in [6.07, 6.45) is -0.248. The van der Waals surface area contributed by atoms with Crippen molar-refractivity contribution in [2.75, 3.05) is 5.32 Å². The van der Waals surface area contributed by atoms with E-state index in [1.54, 1.807) is 24.3 Å². The summed E-state index contributed by atoms with van der Waals surface area (Å²) in [5.74, 6) is -0.994. The van der Waals surface area contributed by atoms with Crippen LogP contribution in [0.3, 0.4) is 0 Å². The molecular formula is C21H16N2O5. The highest BCUT2D eigenvalue weighted by atomic mass is 16.5. The van der Waals surface area contributed by atoms with E-state index >= 15 is 0 Å². The first-order chi connectivity index (χ1) is 13.5. The van der Waals surface area contributed by atoms with Gasteiger partial charge in [0.1, 0.15) is 18.6 Å². The predicted molar refractivity (Wildman–Crippen MR) is 102 cm³/mol. The number of ether oxygens (including phenoxy) is 1. The molecule has 28 heavy (non-hydrogen) atoms. The number of hydrogen-bond acceptors (Lipinski definition) is 6. The number of anilines is 1. The van der Waals surface area contributed by atoms with Crippen LogP contribution in [0, 0.1) is 18.3 Å². The third-order valence-corrected chi connectivity index (χ3v) is 3.99. The van der Waals surface area contributed by atoms with Crippen molar-refractivity contribution in [2.24, 2.45) is 0 Å². The van der Waals surface area contributed by atoms with Crippen LogP contribution in [0.25, 0.3) is 11.0 Å². The Kier molecular flexibility index (Phi) is 5.51. The van der Waals surface area contributed by atoms with E-state index in [-0.39, 0.29) is 13.0 Å². The smallest absolute Gasteiger partial charge is 0.338 e. The Labute approximate surface area is 160 Å². The van der Waals surface area contributed by atoms with E-state index in [0.29, 0.717) is 27.8 Å². The van der Waals surface area contributed by atoms with Crippen molar-refractivity contribution >= 4 is 28.5 Å². The summed E-state index contributed by atoms with van der Waals surface area (Å²) in [4.78, 5) is 35.4. The summed E-state index contributed by atoms with van der Waals surface area (Å²) in [5, 5.41) is 11.7. The topological polar surface area (TPSA) is 109 Å². The zero-order valence-corrected chi connectivity index (χ0v) is 15.0. The van der Waals surface area contributed by atoms with E-state index in [0.717, 1.165) is 5.56 Å². The molecule has 3 rings (SSSR count). The predicted octanol–water partition coefficient (Wildman–Crippen LogP) is 3.31. The molecule has 3 aromatic rings. The highest BCUT2D eigenvalue weighted by Crippen LogP contribution is 2.20. The fraction of sp³-hybridized carbons (Fsp3) is 0.143. The molecule has 0 saturated carbocycles. The molecule has 0 fully saturated rings. The van der Waals surface area contributed by atoms with Gasteiger partial charge in [0.25, 0.3) is 0 Å². The minimum atomic E-state index is -0.566. The van der Waals surface area contributed by atoms with Gasteiger partial charge in [-0.3, -0.25) is 4.79 Å². The van der Waals surface area contributed by atoms with Crippen molar-refractivity contribution < 1.29 is 18.7 Å². The Morgan fingerprint density at radius 2 is 1.89 bits per heavy atom. The Hall–Kier alpha value is -3.92. The molecule has 140 valence electrons. The lowest BCUT2D eigenvalue weighted by Crippen LogP contribution is -2.11. The highest BCUT2D eigenvalue weighted by molar-refractivity contribution is 5.94. The molecule has 0 spiro atoms. The molecule has 7 nitrogen and oxygen atoms in total. The van der Waals surface area contributed by atoms with Crippen LogP contribution in [-0.4, -0.2) is 11.9 Å². The number of carbonyl (C=O) groups is 2. The quantitative estimate of drug-likeness (QED) is 0.540. The van der Waals surface area contributed by atoms with E-state index in [1.165, 1.54) is 18.2 Å². The number of fused-ring (bicyclic) bond motifs is 1. The molecule has 2 aromatic carbocycles. The molecule has 0 bridgehead atoms. The number of carbonyl (C=O) groups excluding carboxylic acids is 2. The van der Waals surface area contributed by atoms with Gasteiger partial charge >= 0.3 is 11.6 Å². The molecule has 7 heteroatoms. The molecule has 1 amide bonds. The first kappa shape index (κ1) is 18.9. The molecule has 0 radical (unpaired) electrons. The van der Waals surface area contributed by atoms with Crippen LogP contribution in [0.2, 0.25) is 0 Å². The number of rotatable bonds is 5. The lowest BCUT2D eigenvalue weighted by Gasteiger charge is -2.08. The molecule has 1 heterocycles. The van der Waals surface area contributed by atoms with Crippen LogP contribution in [0.1, 0.15) is 27.9 Å². The van der Waals surface area contributed by atoms with Gasteiger partial charge in [0, 0.05) is 22.7 Å². The van der Waals surface area contributed by atoms with Crippen LogP contribution in [-0.2, 0) is 16.1 Å².